The van der Waals surface area contributed by atoms with Gasteiger partial charge in [0.15, 0.2) is 6.29 Å². The van der Waals surface area contributed by atoms with Crippen LogP contribution in [0.25, 0.3) is 0 Å². The van der Waals surface area contributed by atoms with Crippen molar-refractivity contribution in [2.75, 3.05) is 26.2 Å². The van der Waals surface area contributed by atoms with Gasteiger partial charge >= 0.3 is 0 Å². The Morgan fingerprint density at radius 3 is 2.73 bits per heavy atom. The smallest absolute Gasteiger partial charge is 0.160 e. The summed E-state index contributed by atoms with van der Waals surface area (Å²) in [5.41, 5.74) is 0. The molecule has 1 rings (SSSR count). The normalized spacial score (nSPS) is 10.6. The summed E-state index contributed by atoms with van der Waals surface area (Å²) >= 11 is 1.41. The van der Waals surface area contributed by atoms with Gasteiger partial charge in [0.1, 0.15) is 12.4 Å². The second kappa shape index (κ2) is 6.58. The zero-order chi connectivity index (χ0) is 11.1. The Hall–Kier alpha value is -0.870. The van der Waals surface area contributed by atoms with Gasteiger partial charge in [-0.15, -0.1) is 11.3 Å². The maximum atomic E-state index is 10.4. The zero-order valence-electron chi connectivity index (χ0n) is 9.23. The van der Waals surface area contributed by atoms with Gasteiger partial charge in [-0.3, -0.25) is 4.79 Å². The third-order valence-electron chi connectivity index (χ3n) is 2.28. The molecule has 1 aromatic heterocycles. The van der Waals surface area contributed by atoms with Crippen molar-refractivity contribution >= 4 is 17.6 Å². The number of carbonyl (C=O) groups excluding carboxylic acids is 1. The van der Waals surface area contributed by atoms with Crippen molar-refractivity contribution in [2.45, 2.75) is 13.8 Å². The number of likely N-dealkylation sites (N-methyl/N-ethyl adjacent to an activating group) is 1. The first kappa shape index (κ1) is 12.2. The molecule has 1 heterocycles. The lowest BCUT2D eigenvalue weighted by molar-refractivity contribution is 0.112. The van der Waals surface area contributed by atoms with E-state index in [2.05, 4.69) is 18.7 Å². The molecule has 0 aliphatic carbocycles. The van der Waals surface area contributed by atoms with E-state index in [4.69, 9.17) is 4.74 Å². The van der Waals surface area contributed by atoms with Gasteiger partial charge in [0.25, 0.3) is 0 Å². The van der Waals surface area contributed by atoms with E-state index in [9.17, 15) is 4.79 Å². The van der Waals surface area contributed by atoms with Gasteiger partial charge in [0, 0.05) is 18.0 Å². The average molecular weight is 227 g/mol. The van der Waals surface area contributed by atoms with Crippen LogP contribution in [-0.4, -0.2) is 37.4 Å². The molecule has 0 saturated heterocycles. The Labute approximate surface area is 94.7 Å². The molecule has 0 spiro atoms. The zero-order valence-corrected chi connectivity index (χ0v) is 10.0. The van der Waals surface area contributed by atoms with Gasteiger partial charge < -0.3 is 9.64 Å². The van der Waals surface area contributed by atoms with Crippen LogP contribution in [0.4, 0.5) is 0 Å². The minimum absolute atomic E-state index is 0.677. The highest BCUT2D eigenvalue weighted by molar-refractivity contribution is 7.11. The maximum absolute atomic E-state index is 10.4. The van der Waals surface area contributed by atoms with Crippen LogP contribution in [0.3, 0.4) is 0 Å². The lowest BCUT2D eigenvalue weighted by atomic mass is 10.4. The molecule has 3 nitrogen and oxygen atoms in total. The van der Waals surface area contributed by atoms with E-state index < -0.39 is 0 Å². The van der Waals surface area contributed by atoms with Crippen LogP contribution in [0.5, 0.6) is 5.75 Å². The van der Waals surface area contributed by atoms with Gasteiger partial charge in [-0.2, -0.15) is 0 Å². The second-order valence-electron chi connectivity index (χ2n) is 3.18. The van der Waals surface area contributed by atoms with Crippen molar-refractivity contribution in [1.82, 2.24) is 4.90 Å². The summed E-state index contributed by atoms with van der Waals surface area (Å²) in [6, 6.07) is 1.78. The highest BCUT2D eigenvalue weighted by Crippen LogP contribution is 2.19. The van der Waals surface area contributed by atoms with E-state index in [0.717, 1.165) is 31.7 Å². The quantitative estimate of drug-likeness (QED) is 0.669. The first-order valence-corrected chi connectivity index (χ1v) is 6.07. The van der Waals surface area contributed by atoms with E-state index in [1.165, 1.54) is 11.3 Å². The van der Waals surface area contributed by atoms with Gasteiger partial charge in [-0.1, -0.05) is 13.8 Å². The summed E-state index contributed by atoms with van der Waals surface area (Å²) in [6.45, 7) is 7.97. The first-order chi connectivity index (χ1) is 7.30. The van der Waals surface area contributed by atoms with Crippen molar-refractivity contribution in [1.29, 1.82) is 0 Å². The Balaban J connectivity index is 2.27. The van der Waals surface area contributed by atoms with Gasteiger partial charge in [0.05, 0.1) is 4.88 Å². The molecule has 0 aromatic carbocycles. The molecule has 0 radical (unpaired) electrons. The topological polar surface area (TPSA) is 29.5 Å². The van der Waals surface area contributed by atoms with Crippen molar-refractivity contribution in [3.8, 4) is 5.75 Å². The van der Waals surface area contributed by atoms with Crippen LogP contribution in [0.2, 0.25) is 0 Å². The third-order valence-corrected chi connectivity index (χ3v) is 3.12. The molecule has 0 atom stereocenters. The number of aldehydes is 1. The lowest BCUT2D eigenvalue weighted by Crippen LogP contribution is -2.27. The fraction of sp³-hybridized carbons (Fsp3) is 0.545. The Morgan fingerprint density at radius 1 is 1.47 bits per heavy atom. The van der Waals surface area contributed by atoms with Crippen LogP contribution in [0, 0.1) is 0 Å². The van der Waals surface area contributed by atoms with Crippen LogP contribution >= 0.6 is 11.3 Å². The summed E-state index contributed by atoms with van der Waals surface area (Å²) in [4.78, 5) is 13.5. The van der Waals surface area contributed by atoms with Crippen molar-refractivity contribution < 1.29 is 9.53 Å². The molecular formula is C11H17NO2S. The van der Waals surface area contributed by atoms with Crippen LogP contribution in [0.15, 0.2) is 11.4 Å². The largest absolute Gasteiger partial charge is 0.491 e. The van der Waals surface area contributed by atoms with E-state index in [1.54, 1.807) is 6.07 Å². The molecule has 0 aliphatic heterocycles. The van der Waals surface area contributed by atoms with E-state index in [0.29, 0.717) is 11.5 Å². The van der Waals surface area contributed by atoms with Gasteiger partial charge in [0.2, 0.25) is 0 Å². The molecule has 0 N–H and O–H groups in total. The van der Waals surface area contributed by atoms with Crippen molar-refractivity contribution in [3.05, 3.63) is 16.3 Å². The summed E-state index contributed by atoms with van der Waals surface area (Å²) in [5.74, 6) is 0.800. The van der Waals surface area contributed by atoms with Gasteiger partial charge in [-0.25, -0.2) is 0 Å². The molecule has 1 aromatic rings. The predicted octanol–water partition coefficient (Wildman–Crippen LogP) is 2.28. The number of hydrogen-bond donors (Lipinski definition) is 0. The molecule has 0 unspecified atom stereocenters. The minimum atomic E-state index is 0.677. The minimum Gasteiger partial charge on any atom is -0.491 e. The van der Waals surface area contributed by atoms with Crippen LogP contribution < -0.4 is 4.74 Å². The molecule has 0 aliphatic rings. The molecule has 15 heavy (non-hydrogen) atoms. The first-order valence-electron chi connectivity index (χ1n) is 5.19. The van der Waals surface area contributed by atoms with E-state index in [-0.39, 0.29) is 0 Å². The third kappa shape index (κ3) is 4.01. The van der Waals surface area contributed by atoms with Crippen molar-refractivity contribution in [3.63, 3.8) is 0 Å². The molecular weight excluding hydrogens is 210 g/mol. The summed E-state index contributed by atoms with van der Waals surface area (Å²) in [7, 11) is 0. The maximum Gasteiger partial charge on any atom is 0.160 e. The predicted molar refractivity (Wildman–Crippen MR) is 63.0 cm³/mol. The Bertz CT molecular complexity index is 295. The summed E-state index contributed by atoms with van der Waals surface area (Å²) in [5, 5.41) is 1.87. The fourth-order valence-corrected chi connectivity index (χ4v) is 1.93. The van der Waals surface area contributed by atoms with Gasteiger partial charge in [-0.05, 0) is 13.1 Å². The number of hydrogen-bond acceptors (Lipinski definition) is 4. The molecule has 0 saturated carbocycles. The number of rotatable bonds is 7. The number of ether oxygens (including phenoxy) is 1. The summed E-state index contributed by atoms with van der Waals surface area (Å²) in [6.07, 6.45) is 0.849. The Kier molecular flexibility index (Phi) is 5.36. The SMILES string of the molecule is CCN(CC)CCOc1csc(C=O)c1. The molecule has 0 amide bonds. The van der Waals surface area contributed by atoms with E-state index in [1.807, 2.05) is 5.38 Å². The standard InChI is InChI=1S/C11H17NO2S/c1-3-12(4-2)5-6-14-10-7-11(8-13)15-9-10/h7-9H,3-6H2,1-2H3. The average Bonchev–Trinajstić information content (AvgIpc) is 2.72. The second-order valence-corrected chi connectivity index (χ2v) is 4.12. The number of carbonyl (C=O) groups is 1. The van der Waals surface area contributed by atoms with E-state index >= 15 is 0 Å². The van der Waals surface area contributed by atoms with Crippen LogP contribution in [0.1, 0.15) is 23.5 Å². The fourth-order valence-electron chi connectivity index (χ4n) is 1.30. The number of thiophene rings is 1. The van der Waals surface area contributed by atoms with Crippen LogP contribution in [-0.2, 0) is 0 Å². The molecule has 0 fully saturated rings. The highest BCUT2D eigenvalue weighted by Gasteiger charge is 2.01. The molecule has 0 bridgehead atoms. The number of nitrogens with zero attached hydrogens (tertiary/aromatic N) is 1. The molecule has 84 valence electrons. The molecule has 4 heteroatoms. The Morgan fingerprint density at radius 2 is 2.20 bits per heavy atom. The highest BCUT2D eigenvalue weighted by atomic mass is 32.1. The summed E-state index contributed by atoms with van der Waals surface area (Å²) < 4.78 is 5.53. The monoisotopic (exact) mass is 227 g/mol. The van der Waals surface area contributed by atoms with Crippen molar-refractivity contribution in [2.24, 2.45) is 0 Å². The lowest BCUT2D eigenvalue weighted by Gasteiger charge is -2.17.